The van der Waals surface area contributed by atoms with Crippen LogP contribution in [-0.2, 0) is 15.6 Å². The molecule has 3 aromatic rings. The van der Waals surface area contributed by atoms with Gasteiger partial charge in [0.2, 0.25) is 10.0 Å². The van der Waals surface area contributed by atoms with Crippen LogP contribution in [0.1, 0.15) is 37.9 Å². The summed E-state index contributed by atoms with van der Waals surface area (Å²) in [6.45, 7) is 3.72. The summed E-state index contributed by atoms with van der Waals surface area (Å²) in [5, 5.41) is 14.7. The fourth-order valence-corrected chi connectivity index (χ4v) is 4.64. The van der Waals surface area contributed by atoms with E-state index in [2.05, 4.69) is 20.1 Å². The lowest BCUT2D eigenvalue weighted by molar-refractivity contribution is 0.0194. The number of hydrogen-bond acceptors (Lipinski definition) is 7. The molecule has 1 saturated heterocycles. The summed E-state index contributed by atoms with van der Waals surface area (Å²) in [5.74, 6) is 0.512. The van der Waals surface area contributed by atoms with Crippen molar-refractivity contribution >= 4 is 21.1 Å². The highest BCUT2D eigenvalue weighted by Crippen LogP contribution is 2.34. The smallest absolute Gasteiger partial charge is 0.323 e. The van der Waals surface area contributed by atoms with E-state index in [1.165, 1.54) is 22.5 Å². The number of aromatic amines is 2. The summed E-state index contributed by atoms with van der Waals surface area (Å²) in [7, 11) is -3.86. The fraction of sp³-hybridized carbons (Fsp3) is 0.438. The van der Waals surface area contributed by atoms with E-state index in [9.17, 15) is 18.3 Å². The predicted molar refractivity (Wildman–Crippen MR) is 94.6 cm³/mol. The quantitative estimate of drug-likeness (QED) is 0.590. The first-order valence-corrected chi connectivity index (χ1v) is 9.92. The first kappa shape index (κ1) is 17.9. The number of aliphatic hydroxyl groups is 1. The number of aromatic nitrogens is 4. The Balaban J connectivity index is 1.63. The van der Waals surface area contributed by atoms with Crippen molar-refractivity contribution in [3.63, 3.8) is 0 Å². The van der Waals surface area contributed by atoms with E-state index in [0.717, 1.165) is 0 Å². The van der Waals surface area contributed by atoms with Crippen LogP contribution in [0.2, 0.25) is 0 Å². The molecule has 27 heavy (non-hydrogen) atoms. The number of benzene rings is 1. The Hall–Kier alpha value is -2.50. The molecule has 3 heterocycles. The van der Waals surface area contributed by atoms with Crippen molar-refractivity contribution in [3.05, 3.63) is 40.4 Å². The second-order valence-electron chi connectivity index (χ2n) is 7.02. The fourth-order valence-electron chi connectivity index (χ4n) is 3.12. The number of rotatable bonds is 4. The zero-order valence-corrected chi connectivity index (χ0v) is 15.6. The minimum Gasteiger partial charge on any atom is -0.379 e. The molecule has 1 aliphatic rings. The van der Waals surface area contributed by atoms with E-state index >= 15 is 0 Å². The molecule has 0 amide bonds. The predicted octanol–water partition coefficient (Wildman–Crippen LogP) is 0.645. The highest BCUT2D eigenvalue weighted by atomic mass is 32.2. The minimum atomic E-state index is -3.86. The second-order valence-corrected chi connectivity index (χ2v) is 8.96. The summed E-state index contributed by atoms with van der Waals surface area (Å²) in [5.41, 5.74) is -1.02. The number of nitrogens with zero attached hydrogens (tertiary/aromatic N) is 3. The highest BCUT2D eigenvalue weighted by Gasteiger charge is 2.46. The molecular formula is C16H19N5O5S. The highest BCUT2D eigenvalue weighted by molar-refractivity contribution is 7.89. The third kappa shape index (κ3) is 2.97. The van der Waals surface area contributed by atoms with E-state index < -0.39 is 21.3 Å². The van der Waals surface area contributed by atoms with Gasteiger partial charge in [0.15, 0.2) is 11.4 Å². The molecule has 0 saturated carbocycles. The molecule has 4 rings (SSSR count). The Morgan fingerprint density at radius 1 is 1.30 bits per heavy atom. The van der Waals surface area contributed by atoms with Crippen LogP contribution in [0.4, 0.5) is 0 Å². The molecule has 0 aliphatic carbocycles. The molecule has 0 unspecified atom stereocenters. The van der Waals surface area contributed by atoms with E-state index in [1.807, 2.05) is 13.8 Å². The van der Waals surface area contributed by atoms with Crippen LogP contribution in [0.25, 0.3) is 11.0 Å². The lowest BCUT2D eigenvalue weighted by Crippen LogP contribution is -2.34. The monoisotopic (exact) mass is 393 g/mol. The lowest BCUT2D eigenvalue weighted by atomic mass is 10.0. The van der Waals surface area contributed by atoms with Gasteiger partial charge in [-0.2, -0.15) is 9.29 Å². The summed E-state index contributed by atoms with van der Waals surface area (Å²) in [6, 6.07) is 4.33. The third-order valence-electron chi connectivity index (χ3n) is 4.69. The number of imidazole rings is 1. The molecule has 0 radical (unpaired) electrons. The summed E-state index contributed by atoms with van der Waals surface area (Å²) < 4.78 is 32.3. The van der Waals surface area contributed by atoms with Crippen LogP contribution in [-0.4, -0.2) is 51.0 Å². The molecular weight excluding hydrogens is 374 g/mol. The van der Waals surface area contributed by atoms with Gasteiger partial charge in [-0.15, -0.1) is 0 Å². The van der Waals surface area contributed by atoms with Crippen LogP contribution in [0.5, 0.6) is 0 Å². The van der Waals surface area contributed by atoms with Gasteiger partial charge >= 0.3 is 5.69 Å². The van der Waals surface area contributed by atoms with Gasteiger partial charge in [-0.1, -0.05) is 19.0 Å². The molecule has 144 valence electrons. The first-order chi connectivity index (χ1) is 12.7. The topological polar surface area (TPSA) is 145 Å². The zero-order valence-electron chi connectivity index (χ0n) is 14.8. The minimum absolute atomic E-state index is 0.0225. The maximum Gasteiger partial charge on any atom is 0.323 e. The number of fused-ring (bicyclic) bond motifs is 1. The Kier molecular flexibility index (Phi) is 3.98. The van der Waals surface area contributed by atoms with Gasteiger partial charge in [-0.3, -0.25) is 0 Å². The number of hydrogen-bond donors (Lipinski definition) is 3. The van der Waals surface area contributed by atoms with Crippen LogP contribution in [0, 0.1) is 0 Å². The van der Waals surface area contributed by atoms with Gasteiger partial charge in [0.05, 0.1) is 22.5 Å². The van der Waals surface area contributed by atoms with E-state index in [0.29, 0.717) is 16.9 Å². The molecule has 10 nitrogen and oxygen atoms in total. The molecule has 11 heteroatoms. The number of sulfonamides is 1. The first-order valence-electron chi connectivity index (χ1n) is 8.48. The maximum absolute atomic E-state index is 13.0. The molecule has 1 aliphatic heterocycles. The van der Waals surface area contributed by atoms with Crippen molar-refractivity contribution in [1.82, 2.24) is 24.4 Å². The normalized spacial score (nSPS) is 21.5. The molecule has 1 atom stereocenters. The second kappa shape index (κ2) is 6.01. The van der Waals surface area contributed by atoms with Crippen LogP contribution < -0.4 is 5.69 Å². The van der Waals surface area contributed by atoms with Crippen molar-refractivity contribution in [3.8, 4) is 0 Å². The number of H-pyrrole nitrogens is 2. The SMILES string of the molecule is CC(C)c1noc([C@@]2(O)CCN(S(=O)(=O)c3ccc4[nH]c(=O)[nH]c4c3)C2)n1. The Labute approximate surface area is 154 Å². The summed E-state index contributed by atoms with van der Waals surface area (Å²) in [6.07, 6.45) is 0.148. The lowest BCUT2D eigenvalue weighted by Gasteiger charge is -2.19. The van der Waals surface area contributed by atoms with Gasteiger partial charge in [0.1, 0.15) is 0 Å². The molecule has 1 fully saturated rings. The Bertz CT molecular complexity index is 1160. The van der Waals surface area contributed by atoms with Crippen molar-refractivity contribution in [2.75, 3.05) is 13.1 Å². The van der Waals surface area contributed by atoms with Gasteiger partial charge in [0, 0.05) is 18.9 Å². The van der Waals surface area contributed by atoms with Crippen LogP contribution >= 0.6 is 0 Å². The van der Waals surface area contributed by atoms with Gasteiger partial charge in [-0.05, 0) is 18.2 Å². The third-order valence-corrected chi connectivity index (χ3v) is 6.54. The van der Waals surface area contributed by atoms with E-state index in [1.54, 1.807) is 0 Å². The molecule has 1 aromatic carbocycles. The van der Waals surface area contributed by atoms with Crippen LogP contribution in [0.3, 0.4) is 0 Å². The van der Waals surface area contributed by atoms with Crippen molar-refractivity contribution in [1.29, 1.82) is 0 Å². The Morgan fingerprint density at radius 3 is 2.74 bits per heavy atom. The van der Waals surface area contributed by atoms with E-state index in [4.69, 9.17) is 4.52 Å². The summed E-state index contributed by atoms with van der Waals surface area (Å²) >= 11 is 0. The van der Waals surface area contributed by atoms with Crippen molar-refractivity contribution < 1.29 is 18.0 Å². The average Bonchev–Trinajstić information content (AvgIpc) is 3.31. The maximum atomic E-state index is 13.0. The molecule has 3 N–H and O–H groups in total. The zero-order chi connectivity index (χ0) is 19.4. The van der Waals surface area contributed by atoms with Crippen molar-refractivity contribution in [2.45, 2.75) is 36.7 Å². The van der Waals surface area contributed by atoms with E-state index in [-0.39, 0.29) is 36.2 Å². The van der Waals surface area contributed by atoms with Gasteiger partial charge in [0.25, 0.3) is 5.89 Å². The summed E-state index contributed by atoms with van der Waals surface area (Å²) in [4.78, 5) is 20.7. The largest absolute Gasteiger partial charge is 0.379 e. The Morgan fingerprint density at radius 2 is 2.04 bits per heavy atom. The number of β-amino-alcohol motifs (C(OH)–C–C–N with tert-alkyl or cyclic N) is 1. The van der Waals surface area contributed by atoms with Gasteiger partial charge in [-0.25, -0.2) is 13.2 Å². The van der Waals surface area contributed by atoms with Crippen LogP contribution in [0.15, 0.2) is 32.4 Å². The number of nitrogens with one attached hydrogen (secondary N) is 2. The standard InChI is InChI=1S/C16H19N5O5S/c1-9(2)13-19-14(26-20-13)16(23)5-6-21(8-16)27(24,25)10-3-4-11-12(7-10)18-15(22)17-11/h3-4,7,9,23H,5-6,8H2,1-2H3,(H2,17,18,22)/t16-/m1/s1. The molecule has 0 spiro atoms. The van der Waals surface area contributed by atoms with Gasteiger partial charge < -0.3 is 19.6 Å². The average molecular weight is 393 g/mol. The molecule has 2 aromatic heterocycles. The van der Waals surface area contributed by atoms with Crippen molar-refractivity contribution in [2.24, 2.45) is 0 Å². The molecule has 0 bridgehead atoms.